The van der Waals surface area contributed by atoms with Crippen LogP contribution in [0.1, 0.15) is 11.4 Å². The molecule has 1 aromatic carbocycles. The zero-order chi connectivity index (χ0) is 18.3. The first-order chi connectivity index (χ1) is 12.5. The maximum atomic E-state index is 12.8. The average Bonchev–Trinajstić information content (AvgIpc) is 3.26. The number of nitrogens with one attached hydrogen (secondary N) is 1. The van der Waals surface area contributed by atoms with Crippen LogP contribution in [0.2, 0.25) is 0 Å². The van der Waals surface area contributed by atoms with Gasteiger partial charge in [0.15, 0.2) is 4.96 Å². The minimum Gasteiger partial charge on any atom is -0.320 e. The largest absolute Gasteiger partial charge is 0.320 e. The maximum Gasteiger partial charge on any atom is 0.295 e. The summed E-state index contributed by atoms with van der Waals surface area (Å²) in [4.78, 5) is 30.5. The van der Waals surface area contributed by atoms with E-state index in [0.717, 1.165) is 10.6 Å². The van der Waals surface area contributed by atoms with Gasteiger partial charge in [0.25, 0.3) is 5.56 Å². The third kappa shape index (κ3) is 2.74. The maximum absolute atomic E-state index is 12.8. The molecular formula is C18H17N5O2S. The van der Waals surface area contributed by atoms with Crippen LogP contribution in [0.3, 0.4) is 0 Å². The molecule has 4 aromatic rings. The molecule has 0 aliphatic carbocycles. The molecule has 0 spiro atoms. The Labute approximate surface area is 153 Å². The molecule has 0 saturated carbocycles. The van der Waals surface area contributed by atoms with E-state index in [4.69, 9.17) is 0 Å². The number of hydrogen-bond donors (Lipinski definition) is 1. The van der Waals surface area contributed by atoms with Crippen LogP contribution in [-0.2, 0) is 18.3 Å². The number of carbonyl (C=O) groups is 1. The van der Waals surface area contributed by atoms with Gasteiger partial charge >= 0.3 is 0 Å². The third-order valence-electron chi connectivity index (χ3n) is 4.30. The van der Waals surface area contributed by atoms with Crippen LogP contribution in [0.15, 0.2) is 52.9 Å². The Morgan fingerprint density at radius 3 is 2.77 bits per heavy atom. The van der Waals surface area contributed by atoms with Crippen molar-refractivity contribution in [3.63, 3.8) is 0 Å². The smallest absolute Gasteiger partial charge is 0.295 e. The van der Waals surface area contributed by atoms with Crippen LogP contribution in [-0.4, -0.2) is 24.7 Å². The van der Waals surface area contributed by atoms with Crippen molar-refractivity contribution in [3.05, 3.63) is 69.8 Å². The third-order valence-corrected chi connectivity index (χ3v) is 5.07. The number of aromatic nitrogens is 4. The lowest BCUT2D eigenvalue weighted by molar-refractivity contribution is -0.115. The predicted octanol–water partition coefficient (Wildman–Crippen LogP) is 2.37. The minimum atomic E-state index is -0.262. The molecule has 26 heavy (non-hydrogen) atoms. The number of benzene rings is 1. The number of hydrogen-bond acceptors (Lipinski definition) is 4. The molecule has 0 radical (unpaired) electrons. The Morgan fingerprint density at radius 2 is 2.04 bits per heavy atom. The molecule has 132 valence electrons. The Balaban J connectivity index is 1.61. The number of para-hydroxylation sites is 1. The van der Waals surface area contributed by atoms with Crippen molar-refractivity contribution in [2.75, 3.05) is 5.32 Å². The molecule has 0 bridgehead atoms. The summed E-state index contributed by atoms with van der Waals surface area (Å²) in [5, 5.41) is 4.69. The molecule has 0 saturated heterocycles. The molecule has 0 unspecified atom stereocenters. The number of carbonyl (C=O) groups excluding carboxylic acids is 1. The molecule has 8 heteroatoms. The van der Waals surface area contributed by atoms with Crippen molar-refractivity contribution >= 4 is 27.9 Å². The number of anilines is 1. The molecular weight excluding hydrogens is 350 g/mol. The Morgan fingerprint density at radius 1 is 1.27 bits per heavy atom. The molecule has 7 nitrogen and oxygen atoms in total. The van der Waals surface area contributed by atoms with Crippen LogP contribution in [0.4, 0.5) is 5.69 Å². The number of rotatable bonds is 4. The topological polar surface area (TPSA) is 73.3 Å². The van der Waals surface area contributed by atoms with Crippen LogP contribution in [0, 0.1) is 6.92 Å². The highest BCUT2D eigenvalue weighted by molar-refractivity contribution is 7.15. The second-order valence-electron chi connectivity index (χ2n) is 5.99. The molecule has 3 heterocycles. The Kier molecular flexibility index (Phi) is 3.96. The summed E-state index contributed by atoms with van der Waals surface area (Å²) in [5.74, 6) is -0.262. The van der Waals surface area contributed by atoms with Gasteiger partial charge in [0, 0.05) is 24.8 Å². The van der Waals surface area contributed by atoms with Gasteiger partial charge in [-0.2, -0.15) is 0 Å². The van der Waals surface area contributed by atoms with Crippen LogP contribution < -0.4 is 10.9 Å². The van der Waals surface area contributed by atoms with E-state index < -0.39 is 0 Å². The van der Waals surface area contributed by atoms with Gasteiger partial charge in [0.1, 0.15) is 5.69 Å². The van der Waals surface area contributed by atoms with Gasteiger partial charge in [-0.1, -0.05) is 18.2 Å². The highest BCUT2D eigenvalue weighted by atomic mass is 32.1. The van der Waals surface area contributed by atoms with Gasteiger partial charge in [-0.25, -0.2) is 9.67 Å². The summed E-state index contributed by atoms with van der Waals surface area (Å²) in [6.45, 7) is 1.81. The fourth-order valence-corrected chi connectivity index (χ4v) is 3.64. The van der Waals surface area contributed by atoms with Crippen molar-refractivity contribution < 1.29 is 4.79 Å². The summed E-state index contributed by atoms with van der Waals surface area (Å²) in [6, 6.07) is 9.33. The molecule has 0 fully saturated rings. The molecule has 4 rings (SSSR count). The second-order valence-corrected chi connectivity index (χ2v) is 6.86. The van der Waals surface area contributed by atoms with Crippen molar-refractivity contribution in [1.82, 2.24) is 18.7 Å². The lowest BCUT2D eigenvalue weighted by Crippen LogP contribution is -2.23. The average molecular weight is 367 g/mol. The minimum absolute atomic E-state index is 0.119. The van der Waals surface area contributed by atoms with Crippen LogP contribution >= 0.6 is 11.3 Å². The van der Waals surface area contributed by atoms with E-state index in [0.29, 0.717) is 17.1 Å². The summed E-state index contributed by atoms with van der Waals surface area (Å²) in [6.07, 6.45) is 3.84. The highest BCUT2D eigenvalue weighted by Gasteiger charge is 2.18. The van der Waals surface area contributed by atoms with Crippen molar-refractivity contribution in [3.8, 4) is 5.69 Å². The van der Waals surface area contributed by atoms with Crippen LogP contribution in [0.25, 0.3) is 10.6 Å². The number of thiazole rings is 1. The van der Waals surface area contributed by atoms with Gasteiger partial charge in [-0.3, -0.25) is 18.7 Å². The molecule has 0 atom stereocenters. The molecule has 1 amide bonds. The molecule has 0 aliphatic rings. The van der Waals surface area contributed by atoms with Gasteiger partial charge in [-0.15, -0.1) is 11.3 Å². The first-order valence-corrected chi connectivity index (χ1v) is 8.97. The standard InChI is InChI=1S/C18H17N5O2S/c1-12-16(17(25)23(21(12)2)14-6-4-3-5-7-14)20-15(24)10-13-11-22-8-9-26-18(22)19-13/h3-9,11H,10H2,1-2H3,(H,20,24). The summed E-state index contributed by atoms with van der Waals surface area (Å²) in [7, 11) is 1.79. The highest BCUT2D eigenvalue weighted by Crippen LogP contribution is 2.15. The predicted molar refractivity (Wildman–Crippen MR) is 101 cm³/mol. The van der Waals surface area contributed by atoms with Gasteiger partial charge in [0.05, 0.1) is 23.5 Å². The van der Waals surface area contributed by atoms with Crippen molar-refractivity contribution in [1.29, 1.82) is 0 Å². The van der Waals surface area contributed by atoms with Gasteiger partial charge in [-0.05, 0) is 19.1 Å². The summed E-state index contributed by atoms with van der Waals surface area (Å²) < 4.78 is 5.15. The number of amides is 1. The number of nitrogens with zero attached hydrogens (tertiary/aromatic N) is 4. The van der Waals surface area contributed by atoms with E-state index in [-0.39, 0.29) is 17.9 Å². The fourth-order valence-electron chi connectivity index (χ4n) is 2.92. The zero-order valence-electron chi connectivity index (χ0n) is 14.3. The van der Waals surface area contributed by atoms with E-state index in [1.807, 2.05) is 59.4 Å². The first-order valence-electron chi connectivity index (χ1n) is 8.09. The first kappa shape index (κ1) is 16.3. The molecule has 3 aromatic heterocycles. The van der Waals surface area contributed by atoms with E-state index in [2.05, 4.69) is 10.3 Å². The Hall–Kier alpha value is -3.13. The van der Waals surface area contributed by atoms with Crippen LogP contribution in [0.5, 0.6) is 0 Å². The molecule has 0 aliphatic heterocycles. The summed E-state index contributed by atoms with van der Waals surface area (Å²) >= 11 is 1.51. The lowest BCUT2D eigenvalue weighted by atomic mass is 10.3. The van der Waals surface area contributed by atoms with E-state index in [9.17, 15) is 9.59 Å². The van der Waals surface area contributed by atoms with E-state index in [1.165, 1.54) is 16.0 Å². The number of fused-ring (bicyclic) bond motifs is 1. The van der Waals surface area contributed by atoms with Crippen molar-refractivity contribution in [2.24, 2.45) is 7.05 Å². The summed E-state index contributed by atoms with van der Waals surface area (Å²) in [5.41, 5.74) is 2.15. The fraction of sp³-hybridized carbons (Fsp3) is 0.167. The SMILES string of the molecule is Cc1c(NC(=O)Cc2cn3ccsc3n2)c(=O)n(-c2ccccc2)n1C. The van der Waals surface area contributed by atoms with E-state index in [1.54, 1.807) is 11.7 Å². The number of imidazole rings is 1. The lowest BCUT2D eigenvalue weighted by Gasteiger charge is -2.07. The van der Waals surface area contributed by atoms with Gasteiger partial charge in [0.2, 0.25) is 5.91 Å². The molecule has 1 N–H and O–H groups in total. The quantitative estimate of drug-likeness (QED) is 0.602. The normalized spacial score (nSPS) is 11.2. The van der Waals surface area contributed by atoms with Crippen molar-refractivity contribution in [2.45, 2.75) is 13.3 Å². The monoisotopic (exact) mass is 367 g/mol. The Bertz CT molecular complexity index is 1120. The van der Waals surface area contributed by atoms with E-state index >= 15 is 0 Å². The zero-order valence-corrected chi connectivity index (χ0v) is 15.2. The second kappa shape index (κ2) is 6.30. The van der Waals surface area contributed by atoms with Gasteiger partial charge < -0.3 is 5.32 Å².